The number of hydrogen-bond donors (Lipinski definition) is 0. The summed E-state index contributed by atoms with van der Waals surface area (Å²) in [6.07, 6.45) is 90.6. The van der Waals surface area contributed by atoms with E-state index in [4.69, 9.17) is 14.2 Å². The van der Waals surface area contributed by atoms with Gasteiger partial charge in [-0.1, -0.05) is 229 Å². The molecule has 0 spiro atoms. The van der Waals surface area contributed by atoms with Crippen molar-refractivity contribution in [2.24, 2.45) is 0 Å². The number of unbranched alkanes of at least 4 members (excludes halogenated alkanes) is 12. The lowest BCUT2D eigenvalue weighted by Crippen LogP contribution is -2.30. The molecule has 0 fully saturated rings. The Morgan fingerprint density at radius 1 is 0.280 bits per heavy atom. The standard InChI is InChI=1S/C69H106O6/c1-4-7-10-13-16-19-22-25-27-29-31-33-34-36-37-39-41-44-47-50-53-56-59-62-68(71)74-65-66(64-73-67(70)61-58-55-52-49-46-43-24-21-18-15-12-9-6-3)75-69(72)63-60-57-54-51-48-45-42-40-38-35-32-30-28-26-23-20-17-14-11-8-5-2/h7-8,10-12,15-17,19-21,24-28,31-33,35-37,40-42,44,48,51,66H,4-6,9,13-14,18,22-23,29-30,34,38-39,43,45-47,49-50,52-65H2,1-3H3/b10-7-,11-8-,15-12-,19-16-,20-17-,24-21-,27-25-,28-26-,33-31-,35-32-,37-36-,42-40-,44-41-,51-48-. The highest BCUT2D eigenvalue weighted by Crippen LogP contribution is 2.12. The van der Waals surface area contributed by atoms with Gasteiger partial charge in [0.05, 0.1) is 0 Å². The lowest BCUT2D eigenvalue weighted by Gasteiger charge is -2.18. The van der Waals surface area contributed by atoms with Gasteiger partial charge in [0.2, 0.25) is 0 Å². The molecule has 418 valence electrons. The molecule has 0 aliphatic carbocycles. The van der Waals surface area contributed by atoms with Crippen molar-refractivity contribution in [3.63, 3.8) is 0 Å². The van der Waals surface area contributed by atoms with Crippen molar-refractivity contribution in [3.05, 3.63) is 170 Å². The van der Waals surface area contributed by atoms with Crippen molar-refractivity contribution >= 4 is 17.9 Å². The van der Waals surface area contributed by atoms with Gasteiger partial charge in [-0.25, -0.2) is 0 Å². The van der Waals surface area contributed by atoms with Crippen molar-refractivity contribution in [2.75, 3.05) is 13.2 Å². The van der Waals surface area contributed by atoms with Crippen LogP contribution in [-0.4, -0.2) is 37.2 Å². The average Bonchev–Trinajstić information content (AvgIpc) is 3.41. The minimum absolute atomic E-state index is 0.120. The molecule has 0 N–H and O–H groups in total. The van der Waals surface area contributed by atoms with Gasteiger partial charge in [0, 0.05) is 19.3 Å². The summed E-state index contributed by atoms with van der Waals surface area (Å²) in [7, 11) is 0. The molecule has 0 aromatic heterocycles. The van der Waals surface area contributed by atoms with Crippen LogP contribution in [0, 0.1) is 0 Å². The van der Waals surface area contributed by atoms with Gasteiger partial charge in [-0.05, 0) is 148 Å². The maximum Gasteiger partial charge on any atom is 0.306 e. The maximum absolute atomic E-state index is 12.9. The Hall–Kier alpha value is -5.23. The van der Waals surface area contributed by atoms with Crippen LogP contribution < -0.4 is 0 Å². The third-order valence-corrected chi connectivity index (χ3v) is 11.7. The third-order valence-electron chi connectivity index (χ3n) is 11.7. The Kier molecular flexibility index (Phi) is 57.0. The summed E-state index contributed by atoms with van der Waals surface area (Å²) in [5.41, 5.74) is 0. The van der Waals surface area contributed by atoms with Gasteiger partial charge >= 0.3 is 17.9 Å². The molecule has 0 aliphatic heterocycles. The van der Waals surface area contributed by atoms with Crippen LogP contribution in [0.25, 0.3) is 0 Å². The average molecular weight is 1030 g/mol. The molecule has 0 saturated carbocycles. The molecule has 0 aromatic rings. The van der Waals surface area contributed by atoms with E-state index in [1.807, 2.05) is 0 Å². The molecule has 0 radical (unpaired) electrons. The fourth-order valence-electron chi connectivity index (χ4n) is 7.31. The zero-order valence-corrected chi connectivity index (χ0v) is 47.7. The normalized spacial score (nSPS) is 13.4. The van der Waals surface area contributed by atoms with Crippen molar-refractivity contribution in [2.45, 2.75) is 232 Å². The van der Waals surface area contributed by atoms with Crippen LogP contribution in [0.5, 0.6) is 0 Å². The van der Waals surface area contributed by atoms with E-state index in [9.17, 15) is 14.4 Å². The lowest BCUT2D eigenvalue weighted by atomic mass is 10.1. The number of rotatable bonds is 51. The quantitative estimate of drug-likeness (QED) is 0.0261. The predicted octanol–water partition coefficient (Wildman–Crippen LogP) is 20.3. The van der Waals surface area contributed by atoms with Gasteiger partial charge in [-0.2, -0.15) is 0 Å². The van der Waals surface area contributed by atoms with Crippen molar-refractivity contribution in [1.29, 1.82) is 0 Å². The number of carbonyl (C=O) groups is 3. The van der Waals surface area contributed by atoms with Gasteiger partial charge in [-0.3, -0.25) is 14.4 Å². The molecule has 0 heterocycles. The molecule has 0 aromatic carbocycles. The lowest BCUT2D eigenvalue weighted by molar-refractivity contribution is -0.167. The molecule has 1 unspecified atom stereocenters. The van der Waals surface area contributed by atoms with E-state index in [1.165, 1.54) is 6.42 Å². The number of esters is 3. The number of carbonyl (C=O) groups excluding carboxylic acids is 3. The second-order valence-electron chi connectivity index (χ2n) is 18.8. The topological polar surface area (TPSA) is 78.9 Å². The van der Waals surface area contributed by atoms with Gasteiger partial charge in [0.25, 0.3) is 0 Å². The molecule has 0 rings (SSSR count). The highest BCUT2D eigenvalue weighted by Gasteiger charge is 2.19. The smallest absolute Gasteiger partial charge is 0.306 e. The molecule has 1 atom stereocenters. The molecule has 0 saturated heterocycles. The van der Waals surface area contributed by atoms with Gasteiger partial charge in [-0.15, -0.1) is 0 Å². The van der Waals surface area contributed by atoms with E-state index in [0.717, 1.165) is 173 Å². The van der Waals surface area contributed by atoms with Crippen molar-refractivity contribution in [3.8, 4) is 0 Å². The fraction of sp³-hybridized carbons (Fsp3) is 0.551. The summed E-state index contributed by atoms with van der Waals surface area (Å²) in [5, 5.41) is 0. The van der Waals surface area contributed by atoms with Crippen molar-refractivity contribution in [1.82, 2.24) is 0 Å². The minimum atomic E-state index is -0.828. The first-order valence-corrected chi connectivity index (χ1v) is 29.6. The number of allylic oxidation sites excluding steroid dienone is 28. The molecule has 0 bridgehead atoms. The van der Waals surface area contributed by atoms with Crippen LogP contribution in [0.2, 0.25) is 0 Å². The summed E-state index contributed by atoms with van der Waals surface area (Å²) in [5.74, 6) is -1.01. The summed E-state index contributed by atoms with van der Waals surface area (Å²) < 4.78 is 16.8. The largest absolute Gasteiger partial charge is 0.462 e. The summed E-state index contributed by atoms with van der Waals surface area (Å²) >= 11 is 0. The van der Waals surface area contributed by atoms with Crippen LogP contribution in [0.1, 0.15) is 226 Å². The van der Waals surface area contributed by atoms with Gasteiger partial charge in [0.1, 0.15) is 13.2 Å². The van der Waals surface area contributed by atoms with Gasteiger partial charge < -0.3 is 14.2 Å². The third kappa shape index (κ3) is 59.5. The molecular formula is C69H106O6. The maximum atomic E-state index is 12.9. The first-order valence-electron chi connectivity index (χ1n) is 29.6. The van der Waals surface area contributed by atoms with Crippen LogP contribution in [-0.2, 0) is 28.6 Å². The SMILES string of the molecule is CC/C=C\C/C=C\C/C=C\C/C=C\C/C=C\C/C=C\CCCCCCC(=O)OCC(COC(=O)CCCCCCC/C=C\C/C=C\CCC)OC(=O)CCCC/C=C\C/C=C\C/C=C\C/C=C\C/C=C\C/C=C\CC. The van der Waals surface area contributed by atoms with Gasteiger partial charge in [0.15, 0.2) is 6.10 Å². The Morgan fingerprint density at radius 3 is 0.840 bits per heavy atom. The van der Waals surface area contributed by atoms with Crippen LogP contribution >= 0.6 is 0 Å². The second-order valence-corrected chi connectivity index (χ2v) is 18.8. The molecule has 6 heteroatoms. The van der Waals surface area contributed by atoms with Crippen LogP contribution in [0.15, 0.2) is 170 Å². The van der Waals surface area contributed by atoms with Crippen molar-refractivity contribution < 1.29 is 28.6 Å². The molecule has 0 amide bonds. The first kappa shape index (κ1) is 69.8. The highest BCUT2D eigenvalue weighted by molar-refractivity contribution is 5.71. The van der Waals surface area contributed by atoms with E-state index in [1.54, 1.807) is 0 Å². The summed E-state index contributed by atoms with van der Waals surface area (Å²) in [4.78, 5) is 38.2. The molecule has 0 aliphatic rings. The monoisotopic (exact) mass is 1030 g/mol. The second kappa shape index (κ2) is 61.3. The van der Waals surface area contributed by atoms with E-state index in [0.29, 0.717) is 19.3 Å². The van der Waals surface area contributed by atoms with E-state index in [2.05, 4.69) is 191 Å². The van der Waals surface area contributed by atoms with E-state index >= 15 is 0 Å². The Labute approximate surface area is 460 Å². The van der Waals surface area contributed by atoms with Crippen LogP contribution in [0.3, 0.4) is 0 Å². The molecular weight excluding hydrogens is 925 g/mol. The number of hydrogen-bond acceptors (Lipinski definition) is 6. The zero-order chi connectivity index (χ0) is 54.3. The van der Waals surface area contributed by atoms with E-state index < -0.39 is 6.10 Å². The Bertz CT molecular complexity index is 1750. The summed E-state index contributed by atoms with van der Waals surface area (Å²) in [6, 6.07) is 0. The van der Waals surface area contributed by atoms with Crippen LogP contribution in [0.4, 0.5) is 0 Å². The van der Waals surface area contributed by atoms with E-state index in [-0.39, 0.29) is 37.5 Å². The molecule has 75 heavy (non-hydrogen) atoms. The first-order chi connectivity index (χ1) is 37.0. The fourth-order valence-corrected chi connectivity index (χ4v) is 7.31. The summed E-state index contributed by atoms with van der Waals surface area (Å²) in [6.45, 7) is 6.26. The Balaban J connectivity index is 4.55. The zero-order valence-electron chi connectivity index (χ0n) is 47.7. The number of ether oxygens (including phenoxy) is 3. The predicted molar refractivity (Wildman–Crippen MR) is 325 cm³/mol. The Morgan fingerprint density at radius 2 is 0.520 bits per heavy atom. The minimum Gasteiger partial charge on any atom is -0.462 e. The molecule has 6 nitrogen and oxygen atoms in total. The highest BCUT2D eigenvalue weighted by atomic mass is 16.6.